The van der Waals surface area contributed by atoms with Gasteiger partial charge < -0.3 is 5.48 Å². The molecule has 29 valence electrons. The molecule has 0 amide bonds. The first-order valence-electron chi connectivity index (χ1n) is 0.272. The number of rotatable bonds is 0. The minimum atomic E-state index is 0. The van der Waals surface area contributed by atoms with E-state index in [9.17, 15) is 0 Å². The van der Waals surface area contributed by atoms with Crippen LogP contribution in [-0.4, -0.2) is 44.6 Å². The summed E-state index contributed by atoms with van der Waals surface area (Å²) >= 11 is 4.09. The molecule has 0 aliphatic carbocycles. The van der Waals surface area contributed by atoms with Gasteiger partial charge in [0.2, 0.25) is 0 Å². The topological polar surface area (TPSA) is 31.5 Å². The van der Waals surface area contributed by atoms with Crippen molar-refractivity contribution in [1.82, 2.24) is 0 Å². The van der Waals surface area contributed by atoms with Crippen molar-refractivity contribution in [1.29, 1.82) is 0 Å². The van der Waals surface area contributed by atoms with Crippen molar-refractivity contribution in [2.45, 2.75) is 0 Å². The van der Waals surface area contributed by atoms with E-state index in [1.165, 1.54) is 7.26 Å². The van der Waals surface area contributed by atoms with Crippen LogP contribution in [-0.2, 0) is 7.26 Å². The van der Waals surface area contributed by atoms with Crippen LogP contribution in [0.25, 0.3) is 0 Å². The molecule has 4 heteroatoms. The second-order valence-electron chi connectivity index (χ2n) is 0.0556. The first kappa shape index (κ1) is 9.40. The van der Waals surface area contributed by atoms with Crippen LogP contribution in [0.2, 0.25) is 0 Å². The predicted molar refractivity (Wildman–Crippen MR) is 15.1 cm³/mol. The summed E-state index contributed by atoms with van der Waals surface area (Å²) in [7, 11) is 1.46. The second kappa shape index (κ2) is 8.90. The van der Waals surface area contributed by atoms with Crippen LogP contribution < -0.4 is 0 Å². The van der Waals surface area contributed by atoms with E-state index in [2.05, 4.69) is 0 Å². The van der Waals surface area contributed by atoms with Crippen molar-refractivity contribution in [2.24, 2.45) is 0 Å². The Balaban J connectivity index is 0. The first-order valence-corrected chi connectivity index (χ1v) is 7.53. The van der Waals surface area contributed by atoms with E-state index in [0.717, 1.165) is 0 Å². The molecule has 0 spiro atoms. The van der Waals surface area contributed by atoms with E-state index in [0.29, 0.717) is 0 Å². The van der Waals surface area contributed by atoms with E-state index in [-0.39, 0.29) is 5.48 Å². The molecule has 2 N–H and O–H groups in total. The Kier molecular flexibility index (Phi) is 20.9. The average Bonchev–Trinajstić information content (AvgIpc) is 0.918. The van der Waals surface area contributed by atoms with Gasteiger partial charge in [0.25, 0.3) is 0 Å². The van der Waals surface area contributed by atoms with Gasteiger partial charge >= 0.3 is 46.4 Å². The monoisotopic (exact) mass is 337 g/mol. The molecule has 0 aromatic carbocycles. The van der Waals surface area contributed by atoms with Crippen molar-refractivity contribution < 1.29 is 12.7 Å². The molecule has 0 rings (SSSR count). The van der Waals surface area contributed by atoms with Gasteiger partial charge in [0.1, 0.15) is 0 Å². The molecule has 1 nitrogen and oxygen atoms in total. The molecular weight excluding hydrogens is 330 g/mol. The van der Waals surface area contributed by atoms with Crippen LogP contribution in [0.5, 0.6) is 0 Å². The van der Waals surface area contributed by atoms with Crippen LogP contribution >= 0.6 is 0 Å². The summed E-state index contributed by atoms with van der Waals surface area (Å²) in [6.07, 6.45) is 0. The summed E-state index contributed by atoms with van der Waals surface area (Å²) in [5.41, 5.74) is 0. The van der Waals surface area contributed by atoms with Crippen LogP contribution in [0.15, 0.2) is 0 Å². The third kappa shape index (κ3) is 8.97. The van der Waals surface area contributed by atoms with Gasteiger partial charge in [-0.2, -0.15) is 0 Å². The zero-order valence-corrected chi connectivity index (χ0v) is 7.35. The predicted octanol–water partition coefficient (Wildman–Crippen LogP) is -1.59. The average molecular weight is 332 g/mol. The van der Waals surface area contributed by atoms with Gasteiger partial charge in [0.05, 0.1) is 0 Å². The standard InChI is InChI=1S/Co.H2O.2Te/h;1H2;;. The van der Waals surface area contributed by atoms with Gasteiger partial charge in [-0.3, -0.25) is 0 Å². The molecule has 0 radical (unpaired) electrons. The molecular formula is H2CoOTe2. The fourth-order valence-electron chi connectivity index (χ4n) is 0. The van der Waals surface area contributed by atoms with Gasteiger partial charge in [-0.1, -0.05) is 0 Å². The van der Waals surface area contributed by atoms with E-state index < -0.39 is 0 Å². The quantitative estimate of drug-likeness (QED) is 0.479. The molecule has 0 bridgehead atoms. The van der Waals surface area contributed by atoms with E-state index in [1.807, 2.05) is 39.1 Å². The Labute approximate surface area is 51.1 Å². The molecule has 0 aromatic rings. The van der Waals surface area contributed by atoms with Crippen LogP contribution in [0.1, 0.15) is 0 Å². The van der Waals surface area contributed by atoms with Crippen molar-refractivity contribution in [2.75, 3.05) is 0 Å². The Bertz CT molecular complexity index is 27.0. The molecule has 0 fully saturated rings. The summed E-state index contributed by atoms with van der Waals surface area (Å²) in [4.78, 5) is 0. The van der Waals surface area contributed by atoms with Gasteiger partial charge in [-0.25, -0.2) is 0 Å². The first-order chi connectivity index (χ1) is 1.41. The zero-order valence-electron chi connectivity index (χ0n) is 1.65. The van der Waals surface area contributed by atoms with Crippen molar-refractivity contribution in [3.8, 4) is 0 Å². The zero-order chi connectivity index (χ0) is 2.71. The number of hydrogen-bond acceptors (Lipinski definition) is 0. The van der Waals surface area contributed by atoms with Gasteiger partial charge in [0.15, 0.2) is 0 Å². The molecule has 0 heterocycles. The molecule has 0 aliphatic heterocycles. The molecule has 4 heavy (non-hydrogen) atoms. The minimum absolute atomic E-state index is 0. The summed E-state index contributed by atoms with van der Waals surface area (Å²) < 4.78 is 0. The number of hydrogen-bond donors (Lipinski definition) is 0. The van der Waals surface area contributed by atoms with E-state index in [4.69, 9.17) is 0 Å². The summed E-state index contributed by atoms with van der Waals surface area (Å²) in [5.74, 6) is 0. The maximum absolute atomic E-state index is 2.04. The maximum atomic E-state index is 2.04. The molecule has 0 saturated carbocycles. The summed E-state index contributed by atoms with van der Waals surface area (Å²) in [6, 6.07) is 0. The van der Waals surface area contributed by atoms with Crippen molar-refractivity contribution >= 4 is 39.1 Å². The third-order valence-electron chi connectivity index (χ3n) is 0. The SMILES string of the molecule is O.[Te]=[Co]=[Te]. The second-order valence-corrected chi connectivity index (χ2v) is 10.3. The Morgan fingerprint density at radius 1 is 1.25 bits per heavy atom. The Morgan fingerprint density at radius 3 is 1.25 bits per heavy atom. The summed E-state index contributed by atoms with van der Waals surface area (Å²) in [6.45, 7) is 0. The van der Waals surface area contributed by atoms with E-state index in [1.54, 1.807) is 0 Å². The van der Waals surface area contributed by atoms with Crippen LogP contribution in [0.3, 0.4) is 0 Å². The fourth-order valence-corrected chi connectivity index (χ4v) is 0. The van der Waals surface area contributed by atoms with E-state index >= 15 is 0 Å². The van der Waals surface area contributed by atoms with Crippen LogP contribution in [0, 0.1) is 0 Å². The molecule has 0 aliphatic rings. The molecule has 0 saturated heterocycles. The van der Waals surface area contributed by atoms with Crippen molar-refractivity contribution in [3.05, 3.63) is 0 Å². The fraction of sp³-hybridized carbons (Fsp3) is 0. The third-order valence-corrected chi connectivity index (χ3v) is 0. The van der Waals surface area contributed by atoms with Crippen molar-refractivity contribution in [3.63, 3.8) is 0 Å². The Morgan fingerprint density at radius 2 is 1.25 bits per heavy atom. The normalized spacial score (nSPS) is 4.00. The molecule has 0 atom stereocenters. The van der Waals surface area contributed by atoms with Gasteiger partial charge in [-0.15, -0.1) is 0 Å². The Hall–Kier alpha value is 2.05. The van der Waals surface area contributed by atoms with Crippen LogP contribution in [0.4, 0.5) is 0 Å². The van der Waals surface area contributed by atoms with Gasteiger partial charge in [-0.05, 0) is 0 Å². The molecule has 0 aromatic heterocycles. The van der Waals surface area contributed by atoms with Gasteiger partial charge in [0, 0.05) is 0 Å². The summed E-state index contributed by atoms with van der Waals surface area (Å²) in [5, 5.41) is 0. The molecule has 0 unspecified atom stereocenters.